The van der Waals surface area contributed by atoms with Crippen molar-refractivity contribution in [2.75, 3.05) is 18.5 Å². The first kappa shape index (κ1) is 19.3. The number of amides is 1. The Morgan fingerprint density at radius 2 is 2.07 bits per heavy atom. The average Bonchev–Trinajstić information content (AvgIpc) is 2.97. The standard InChI is InChI=1S/C21H25BrN4O2/c1-2-15(9-14-5-3-4-6-19(14)22)25-20-18(10-23-13-24-20)21(27)26-16-7-8-17(26)12-28-11-16/h3-6,10,13,15-17H,2,7-9,11-12H2,1H3,(H,23,24,25). The number of hydrogen-bond donors (Lipinski definition) is 1. The molecule has 6 nitrogen and oxygen atoms in total. The molecule has 3 atom stereocenters. The van der Waals surface area contributed by atoms with Crippen LogP contribution in [0.5, 0.6) is 0 Å². The van der Waals surface area contributed by atoms with Crippen molar-refractivity contribution in [3.63, 3.8) is 0 Å². The van der Waals surface area contributed by atoms with Gasteiger partial charge in [-0.05, 0) is 37.3 Å². The van der Waals surface area contributed by atoms with Crippen LogP contribution in [0.2, 0.25) is 0 Å². The van der Waals surface area contributed by atoms with Gasteiger partial charge in [0.2, 0.25) is 0 Å². The van der Waals surface area contributed by atoms with Gasteiger partial charge in [0.1, 0.15) is 17.7 Å². The summed E-state index contributed by atoms with van der Waals surface area (Å²) in [7, 11) is 0. The van der Waals surface area contributed by atoms with Gasteiger partial charge >= 0.3 is 0 Å². The van der Waals surface area contributed by atoms with E-state index in [-0.39, 0.29) is 24.0 Å². The summed E-state index contributed by atoms with van der Waals surface area (Å²) >= 11 is 3.62. The van der Waals surface area contributed by atoms with E-state index < -0.39 is 0 Å². The molecule has 1 aromatic carbocycles. The first-order valence-electron chi connectivity index (χ1n) is 9.87. The molecule has 0 spiro atoms. The smallest absolute Gasteiger partial charge is 0.259 e. The minimum absolute atomic E-state index is 0.00893. The topological polar surface area (TPSA) is 67.4 Å². The van der Waals surface area contributed by atoms with Crippen LogP contribution in [0.25, 0.3) is 0 Å². The van der Waals surface area contributed by atoms with Gasteiger partial charge in [-0.1, -0.05) is 41.1 Å². The van der Waals surface area contributed by atoms with Gasteiger partial charge in [-0.25, -0.2) is 9.97 Å². The van der Waals surface area contributed by atoms with Crippen LogP contribution in [-0.4, -0.2) is 52.1 Å². The third-order valence-electron chi connectivity index (χ3n) is 5.68. The van der Waals surface area contributed by atoms with E-state index in [9.17, 15) is 4.79 Å². The molecule has 4 rings (SSSR count). The van der Waals surface area contributed by atoms with E-state index in [1.807, 2.05) is 17.0 Å². The number of nitrogens with one attached hydrogen (secondary N) is 1. The van der Waals surface area contributed by atoms with Crippen molar-refractivity contribution in [1.82, 2.24) is 14.9 Å². The lowest BCUT2D eigenvalue weighted by atomic mass is 10.0. The number of benzene rings is 1. The highest BCUT2D eigenvalue weighted by atomic mass is 79.9. The Labute approximate surface area is 173 Å². The first-order valence-corrected chi connectivity index (χ1v) is 10.7. The van der Waals surface area contributed by atoms with E-state index in [0.717, 1.165) is 30.2 Å². The zero-order chi connectivity index (χ0) is 19.5. The van der Waals surface area contributed by atoms with Gasteiger partial charge in [0, 0.05) is 16.7 Å². The molecular weight excluding hydrogens is 420 g/mol. The number of halogens is 1. The summed E-state index contributed by atoms with van der Waals surface area (Å²) in [5, 5.41) is 3.49. The van der Waals surface area contributed by atoms with Gasteiger partial charge in [0.05, 0.1) is 25.3 Å². The Kier molecular flexibility index (Phi) is 5.92. The van der Waals surface area contributed by atoms with E-state index >= 15 is 0 Å². The fourth-order valence-corrected chi connectivity index (χ4v) is 4.57. The number of hydrogen-bond acceptors (Lipinski definition) is 5. The van der Waals surface area contributed by atoms with E-state index in [0.29, 0.717) is 24.6 Å². The minimum atomic E-state index is 0.00893. The normalized spacial score (nSPS) is 22.1. The van der Waals surface area contributed by atoms with Crippen LogP contribution < -0.4 is 5.32 Å². The molecule has 2 aliphatic rings. The molecule has 3 unspecified atom stereocenters. The molecule has 7 heteroatoms. The number of carbonyl (C=O) groups is 1. The van der Waals surface area contributed by atoms with Crippen molar-refractivity contribution >= 4 is 27.7 Å². The van der Waals surface area contributed by atoms with E-state index in [2.05, 4.69) is 50.3 Å². The SMILES string of the molecule is CCC(Cc1ccccc1Br)Nc1ncncc1C(=O)N1C2CCC1COC2. The Bertz CT molecular complexity index is 831. The molecule has 2 aliphatic heterocycles. The van der Waals surface area contributed by atoms with Gasteiger partial charge in [0.15, 0.2) is 0 Å². The molecule has 3 heterocycles. The van der Waals surface area contributed by atoms with Crippen molar-refractivity contribution in [2.45, 2.75) is 50.7 Å². The molecule has 0 saturated carbocycles. The molecule has 1 N–H and O–H groups in total. The average molecular weight is 445 g/mol. The summed E-state index contributed by atoms with van der Waals surface area (Å²) in [5.74, 6) is 0.624. The number of rotatable bonds is 6. The van der Waals surface area contributed by atoms with Crippen LogP contribution in [0.15, 0.2) is 41.3 Å². The van der Waals surface area contributed by atoms with Crippen LogP contribution in [-0.2, 0) is 11.2 Å². The third kappa shape index (κ3) is 3.91. The van der Waals surface area contributed by atoms with E-state index in [1.165, 1.54) is 11.9 Å². The number of nitrogens with zero attached hydrogens (tertiary/aromatic N) is 3. The Hall–Kier alpha value is -1.99. The van der Waals surface area contributed by atoms with Crippen LogP contribution in [0.3, 0.4) is 0 Å². The molecule has 28 heavy (non-hydrogen) atoms. The molecule has 1 aromatic heterocycles. The minimum Gasteiger partial charge on any atom is -0.377 e. The van der Waals surface area contributed by atoms with E-state index in [1.54, 1.807) is 6.20 Å². The summed E-state index contributed by atoms with van der Waals surface area (Å²) < 4.78 is 6.71. The maximum atomic E-state index is 13.3. The van der Waals surface area contributed by atoms with Gasteiger partial charge in [0.25, 0.3) is 5.91 Å². The predicted molar refractivity (Wildman–Crippen MR) is 111 cm³/mol. The van der Waals surface area contributed by atoms with Crippen LogP contribution in [0.4, 0.5) is 5.82 Å². The monoisotopic (exact) mass is 444 g/mol. The molecule has 2 bridgehead atoms. The molecule has 148 valence electrons. The third-order valence-corrected chi connectivity index (χ3v) is 6.45. The Morgan fingerprint density at radius 3 is 2.79 bits per heavy atom. The lowest BCUT2D eigenvalue weighted by molar-refractivity contribution is -0.00715. The number of anilines is 1. The maximum absolute atomic E-state index is 13.3. The summed E-state index contributed by atoms with van der Waals surface area (Å²) in [6.07, 6.45) is 6.91. The van der Waals surface area contributed by atoms with Crippen LogP contribution in [0, 0.1) is 0 Å². The van der Waals surface area contributed by atoms with Gasteiger partial charge in [-0.15, -0.1) is 0 Å². The zero-order valence-electron chi connectivity index (χ0n) is 16.0. The van der Waals surface area contributed by atoms with Crippen molar-refractivity contribution in [3.8, 4) is 0 Å². The quantitative estimate of drug-likeness (QED) is 0.735. The van der Waals surface area contributed by atoms with Crippen molar-refractivity contribution in [1.29, 1.82) is 0 Å². The predicted octanol–water partition coefficient (Wildman–Crippen LogP) is 3.68. The fraction of sp³-hybridized carbons (Fsp3) is 0.476. The molecule has 2 saturated heterocycles. The molecule has 0 radical (unpaired) electrons. The second-order valence-corrected chi connectivity index (χ2v) is 8.32. The fourth-order valence-electron chi connectivity index (χ4n) is 4.12. The summed E-state index contributed by atoms with van der Waals surface area (Å²) in [6, 6.07) is 8.73. The highest BCUT2D eigenvalue weighted by Crippen LogP contribution is 2.31. The van der Waals surface area contributed by atoms with Gasteiger partial charge in [-0.2, -0.15) is 0 Å². The number of fused-ring (bicyclic) bond motifs is 2. The van der Waals surface area contributed by atoms with Crippen LogP contribution in [0.1, 0.15) is 42.1 Å². The lowest BCUT2D eigenvalue weighted by Crippen LogP contribution is -2.49. The Balaban J connectivity index is 1.54. The van der Waals surface area contributed by atoms with Crippen LogP contribution >= 0.6 is 15.9 Å². The molecular formula is C21H25BrN4O2. The summed E-state index contributed by atoms with van der Waals surface area (Å²) in [5.41, 5.74) is 1.78. The number of ether oxygens (including phenoxy) is 1. The largest absolute Gasteiger partial charge is 0.377 e. The van der Waals surface area contributed by atoms with Gasteiger partial charge < -0.3 is 15.0 Å². The molecule has 1 amide bonds. The van der Waals surface area contributed by atoms with Crippen molar-refractivity contribution in [3.05, 3.63) is 52.4 Å². The molecule has 0 aliphatic carbocycles. The summed E-state index contributed by atoms with van der Waals surface area (Å²) in [4.78, 5) is 23.8. The second-order valence-electron chi connectivity index (χ2n) is 7.46. The lowest BCUT2D eigenvalue weighted by Gasteiger charge is -2.35. The van der Waals surface area contributed by atoms with Crippen molar-refractivity contribution in [2.24, 2.45) is 0 Å². The maximum Gasteiger partial charge on any atom is 0.259 e. The zero-order valence-corrected chi connectivity index (χ0v) is 17.6. The highest BCUT2D eigenvalue weighted by Gasteiger charge is 2.41. The second kappa shape index (κ2) is 8.57. The summed E-state index contributed by atoms with van der Waals surface area (Å²) in [6.45, 7) is 3.38. The molecule has 2 aromatic rings. The number of carbonyl (C=O) groups excluding carboxylic acids is 1. The van der Waals surface area contributed by atoms with Gasteiger partial charge in [-0.3, -0.25) is 4.79 Å². The first-order chi connectivity index (χ1) is 13.7. The number of aromatic nitrogens is 2. The number of morpholine rings is 1. The van der Waals surface area contributed by atoms with E-state index in [4.69, 9.17) is 4.74 Å². The molecule has 2 fully saturated rings. The Morgan fingerprint density at radius 1 is 1.32 bits per heavy atom. The van der Waals surface area contributed by atoms with Crippen molar-refractivity contribution < 1.29 is 9.53 Å². The highest BCUT2D eigenvalue weighted by molar-refractivity contribution is 9.10.